The lowest BCUT2D eigenvalue weighted by Gasteiger charge is -2.41. The maximum Gasteiger partial charge on any atom is 0.310 e. The quantitative estimate of drug-likeness (QED) is 0.840. The first kappa shape index (κ1) is 17.4. The molecule has 0 aromatic heterocycles. The molecule has 132 valence electrons. The summed E-state index contributed by atoms with van der Waals surface area (Å²) in [5.74, 6) is -0.811. The zero-order chi connectivity index (χ0) is 17.0. The lowest BCUT2D eigenvalue weighted by molar-refractivity contribution is -0.194. The van der Waals surface area contributed by atoms with Gasteiger partial charge in [0.25, 0.3) is 0 Å². The molecular formula is C19H27NO4. The van der Waals surface area contributed by atoms with Crippen LogP contribution in [0.3, 0.4) is 0 Å². The van der Waals surface area contributed by atoms with Crippen molar-refractivity contribution in [1.82, 2.24) is 5.32 Å². The van der Waals surface area contributed by atoms with E-state index in [1.807, 2.05) is 25.1 Å². The number of esters is 1. The minimum absolute atomic E-state index is 0.0221. The lowest BCUT2D eigenvalue weighted by Crippen LogP contribution is -2.52. The first-order chi connectivity index (χ1) is 11.6. The third-order valence-electron chi connectivity index (χ3n) is 5.02. The smallest absolute Gasteiger partial charge is 0.310 e. The fourth-order valence-corrected chi connectivity index (χ4v) is 3.78. The molecule has 2 aliphatic rings. The van der Waals surface area contributed by atoms with Crippen molar-refractivity contribution in [3.63, 3.8) is 0 Å². The molecule has 1 aliphatic heterocycles. The Morgan fingerprint density at radius 2 is 2.04 bits per heavy atom. The van der Waals surface area contributed by atoms with E-state index in [4.69, 9.17) is 14.2 Å². The third kappa shape index (κ3) is 3.79. The zero-order valence-corrected chi connectivity index (χ0v) is 14.5. The summed E-state index contributed by atoms with van der Waals surface area (Å²) in [4.78, 5) is 12.4. The fourth-order valence-electron chi connectivity index (χ4n) is 3.78. The van der Waals surface area contributed by atoms with Crippen molar-refractivity contribution in [2.24, 2.45) is 5.92 Å². The number of carbonyl (C=O) groups is 1. The largest absolute Gasteiger partial charge is 0.466 e. The van der Waals surface area contributed by atoms with Crippen LogP contribution in [0.5, 0.6) is 0 Å². The van der Waals surface area contributed by atoms with Crippen molar-refractivity contribution in [2.45, 2.75) is 51.0 Å². The van der Waals surface area contributed by atoms with Gasteiger partial charge in [-0.1, -0.05) is 30.3 Å². The van der Waals surface area contributed by atoms with Crippen LogP contribution in [0.15, 0.2) is 30.3 Å². The Labute approximate surface area is 143 Å². The van der Waals surface area contributed by atoms with Gasteiger partial charge in [-0.2, -0.15) is 0 Å². The number of hydrogen-bond donors (Lipinski definition) is 1. The predicted molar refractivity (Wildman–Crippen MR) is 90.4 cm³/mol. The topological polar surface area (TPSA) is 56.8 Å². The number of rotatable bonds is 5. The Balaban J connectivity index is 1.74. The SMILES string of the molecule is CCOC(=O)C1CCC2(CC1NC(C)c1ccccc1)OCCO2. The summed E-state index contributed by atoms with van der Waals surface area (Å²) in [6, 6.07) is 10.4. The number of benzene rings is 1. The molecule has 1 heterocycles. The van der Waals surface area contributed by atoms with E-state index in [-0.39, 0.29) is 24.0 Å². The Morgan fingerprint density at radius 1 is 1.33 bits per heavy atom. The van der Waals surface area contributed by atoms with Crippen molar-refractivity contribution < 1.29 is 19.0 Å². The molecule has 3 unspecified atom stereocenters. The Bertz CT molecular complexity index is 542. The number of ether oxygens (including phenoxy) is 3. The van der Waals surface area contributed by atoms with Crippen LogP contribution in [-0.2, 0) is 19.0 Å². The van der Waals surface area contributed by atoms with Crippen LogP contribution in [0.1, 0.15) is 44.7 Å². The van der Waals surface area contributed by atoms with E-state index in [9.17, 15) is 4.79 Å². The summed E-state index contributed by atoms with van der Waals surface area (Å²) in [5.41, 5.74) is 1.20. The molecule has 1 saturated carbocycles. The van der Waals surface area contributed by atoms with E-state index in [1.54, 1.807) is 0 Å². The highest BCUT2D eigenvalue weighted by molar-refractivity contribution is 5.73. The van der Waals surface area contributed by atoms with Gasteiger partial charge in [0.1, 0.15) is 0 Å². The Morgan fingerprint density at radius 3 is 2.71 bits per heavy atom. The molecule has 24 heavy (non-hydrogen) atoms. The van der Waals surface area contributed by atoms with Crippen LogP contribution in [0.2, 0.25) is 0 Å². The molecule has 5 heteroatoms. The Hall–Kier alpha value is -1.43. The van der Waals surface area contributed by atoms with Gasteiger partial charge in [0.05, 0.1) is 25.7 Å². The van der Waals surface area contributed by atoms with Gasteiger partial charge >= 0.3 is 5.97 Å². The van der Waals surface area contributed by atoms with Crippen LogP contribution < -0.4 is 5.32 Å². The molecule has 1 N–H and O–H groups in total. The van der Waals surface area contributed by atoms with Crippen LogP contribution >= 0.6 is 0 Å². The number of nitrogens with one attached hydrogen (secondary N) is 1. The Kier molecular flexibility index (Phi) is 5.54. The van der Waals surface area contributed by atoms with E-state index in [1.165, 1.54) is 5.56 Å². The van der Waals surface area contributed by atoms with E-state index in [0.717, 1.165) is 12.8 Å². The summed E-state index contributed by atoms with van der Waals surface area (Å²) in [6.45, 7) is 5.64. The normalized spacial score (nSPS) is 27.1. The molecule has 5 nitrogen and oxygen atoms in total. The summed E-state index contributed by atoms with van der Waals surface area (Å²) < 4.78 is 17.0. The van der Waals surface area contributed by atoms with Gasteiger partial charge in [-0.05, 0) is 25.8 Å². The number of carbonyl (C=O) groups excluding carboxylic acids is 1. The van der Waals surface area contributed by atoms with Gasteiger partial charge in [-0.25, -0.2) is 0 Å². The van der Waals surface area contributed by atoms with Gasteiger partial charge in [0.15, 0.2) is 5.79 Å². The minimum Gasteiger partial charge on any atom is -0.466 e. The lowest BCUT2D eigenvalue weighted by atomic mass is 9.80. The zero-order valence-electron chi connectivity index (χ0n) is 14.5. The molecule has 3 atom stereocenters. The predicted octanol–water partition coefficient (Wildman–Crippen LogP) is 2.81. The maximum atomic E-state index is 12.4. The standard InChI is InChI=1S/C19H27NO4/c1-3-22-18(21)16-9-10-19(23-11-12-24-19)13-17(16)20-14(2)15-7-5-4-6-8-15/h4-8,14,16-17,20H,3,9-13H2,1-2H3. The monoisotopic (exact) mass is 333 g/mol. The third-order valence-corrected chi connectivity index (χ3v) is 5.02. The summed E-state index contributed by atoms with van der Waals surface area (Å²) in [6.07, 6.45) is 2.14. The van der Waals surface area contributed by atoms with Gasteiger partial charge in [-0.15, -0.1) is 0 Å². The molecule has 1 aromatic rings. The molecule has 0 radical (unpaired) electrons. The summed E-state index contributed by atoms with van der Waals surface area (Å²) in [7, 11) is 0. The second-order valence-corrected chi connectivity index (χ2v) is 6.61. The molecule has 1 spiro atoms. The molecule has 0 amide bonds. The van der Waals surface area contributed by atoms with E-state index < -0.39 is 5.79 Å². The van der Waals surface area contributed by atoms with Crippen LogP contribution in [0.4, 0.5) is 0 Å². The van der Waals surface area contributed by atoms with Crippen molar-refractivity contribution in [3.05, 3.63) is 35.9 Å². The van der Waals surface area contributed by atoms with E-state index in [2.05, 4.69) is 24.4 Å². The second kappa shape index (κ2) is 7.64. The van der Waals surface area contributed by atoms with Crippen LogP contribution in [-0.4, -0.2) is 37.6 Å². The van der Waals surface area contributed by atoms with Gasteiger partial charge in [0, 0.05) is 24.9 Å². The van der Waals surface area contributed by atoms with Gasteiger partial charge in [-0.3, -0.25) is 4.79 Å². The maximum absolute atomic E-state index is 12.4. The average Bonchev–Trinajstić information content (AvgIpc) is 3.04. The minimum atomic E-state index is -0.531. The van der Waals surface area contributed by atoms with Crippen molar-refractivity contribution in [3.8, 4) is 0 Å². The first-order valence-electron chi connectivity index (χ1n) is 8.89. The molecule has 1 saturated heterocycles. The van der Waals surface area contributed by atoms with Crippen LogP contribution in [0, 0.1) is 5.92 Å². The fraction of sp³-hybridized carbons (Fsp3) is 0.632. The molecule has 2 fully saturated rings. The van der Waals surface area contributed by atoms with Crippen molar-refractivity contribution >= 4 is 5.97 Å². The van der Waals surface area contributed by atoms with E-state index >= 15 is 0 Å². The highest BCUT2D eigenvalue weighted by atomic mass is 16.7. The molecule has 3 rings (SSSR count). The van der Waals surface area contributed by atoms with Crippen molar-refractivity contribution in [1.29, 1.82) is 0 Å². The summed E-state index contributed by atoms with van der Waals surface area (Å²) in [5, 5.41) is 3.61. The molecule has 0 bridgehead atoms. The average molecular weight is 333 g/mol. The second-order valence-electron chi connectivity index (χ2n) is 6.61. The molecular weight excluding hydrogens is 306 g/mol. The first-order valence-corrected chi connectivity index (χ1v) is 8.89. The highest BCUT2D eigenvalue weighted by Crippen LogP contribution is 2.39. The highest BCUT2D eigenvalue weighted by Gasteiger charge is 2.47. The van der Waals surface area contributed by atoms with Gasteiger partial charge in [0.2, 0.25) is 0 Å². The van der Waals surface area contributed by atoms with Gasteiger partial charge < -0.3 is 19.5 Å². The summed E-state index contributed by atoms with van der Waals surface area (Å²) >= 11 is 0. The van der Waals surface area contributed by atoms with Crippen LogP contribution in [0.25, 0.3) is 0 Å². The molecule has 1 aliphatic carbocycles. The number of hydrogen-bond acceptors (Lipinski definition) is 5. The molecule has 1 aromatic carbocycles. The van der Waals surface area contributed by atoms with E-state index in [0.29, 0.717) is 26.2 Å². The van der Waals surface area contributed by atoms with Crippen molar-refractivity contribution in [2.75, 3.05) is 19.8 Å².